The first-order valence-electron chi connectivity index (χ1n) is 8.38. The Hall–Kier alpha value is -1.07. The summed E-state index contributed by atoms with van der Waals surface area (Å²) < 4.78 is 7.57. The van der Waals surface area contributed by atoms with Crippen LogP contribution in [-0.4, -0.2) is 53.3 Å². The molecule has 0 spiro atoms. The molecule has 120 valence electrons. The molecule has 0 radical (unpaired) electrons. The van der Waals surface area contributed by atoms with Crippen molar-refractivity contribution in [2.24, 2.45) is 0 Å². The number of imidazole rings is 1. The zero-order valence-corrected chi connectivity index (χ0v) is 13.6. The van der Waals surface area contributed by atoms with Gasteiger partial charge in [-0.1, -0.05) is 6.42 Å². The van der Waals surface area contributed by atoms with Gasteiger partial charge in [-0.2, -0.15) is 0 Å². The van der Waals surface area contributed by atoms with E-state index in [2.05, 4.69) is 26.7 Å². The zero-order chi connectivity index (χ0) is 14.9. The van der Waals surface area contributed by atoms with Gasteiger partial charge < -0.3 is 14.6 Å². The summed E-state index contributed by atoms with van der Waals surface area (Å²) in [5.74, 6) is 0.982. The third-order valence-corrected chi connectivity index (χ3v) is 4.18. The molecule has 5 nitrogen and oxygen atoms in total. The summed E-state index contributed by atoms with van der Waals surface area (Å²) in [6.07, 6.45) is 9.02. The van der Waals surface area contributed by atoms with Crippen molar-refractivity contribution < 1.29 is 4.74 Å². The summed E-state index contributed by atoms with van der Waals surface area (Å²) in [7, 11) is 0. The average molecular weight is 294 g/mol. The third-order valence-electron chi connectivity index (χ3n) is 4.18. The number of nitrogens with one attached hydrogen (secondary N) is 1. The van der Waals surface area contributed by atoms with Gasteiger partial charge >= 0.3 is 0 Å². The Morgan fingerprint density at radius 3 is 2.90 bits per heavy atom. The molecular weight excluding hydrogens is 264 g/mol. The van der Waals surface area contributed by atoms with Crippen LogP contribution in [0.3, 0.4) is 0 Å². The maximum absolute atomic E-state index is 5.39. The molecule has 1 aliphatic rings. The van der Waals surface area contributed by atoms with Gasteiger partial charge in [0.05, 0.1) is 0 Å². The van der Waals surface area contributed by atoms with Gasteiger partial charge in [-0.05, 0) is 46.2 Å². The Balaban J connectivity index is 1.73. The van der Waals surface area contributed by atoms with Crippen molar-refractivity contribution in [3.63, 3.8) is 0 Å². The maximum Gasteiger partial charge on any atom is 0.202 e. The number of piperidine rings is 1. The van der Waals surface area contributed by atoms with E-state index >= 15 is 0 Å². The van der Waals surface area contributed by atoms with E-state index in [1.165, 1.54) is 32.4 Å². The summed E-state index contributed by atoms with van der Waals surface area (Å²) >= 11 is 0. The highest BCUT2D eigenvalue weighted by Gasteiger charge is 2.16. The van der Waals surface area contributed by atoms with Gasteiger partial charge in [-0.25, -0.2) is 4.98 Å². The second kappa shape index (κ2) is 9.05. The van der Waals surface area contributed by atoms with Crippen molar-refractivity contribution in [2.75, 3.05) is 38.2 Å². The Labute approximate surface area is 128 Å². The predicted octanol–water partition coefficient (Wildman–Crippen LogP) is 2.60. The SMILES string of the molecule is CCOCCCn1ccnc1NCC(C)N1CCCCC1. The predicted molar refractivity (Wildman–Crippen MR) is 86.7 cm³/mol. The van der Waals surface area contributed by atoms with Gasteiger partial charge in [-0.15, -0.1) is 0 Å². The first kappa shape index (κ1) is 16.3. The van der Waals surface area contributed by atoms with Crippen LogP contribution >= 0.6 is 0 Å². The fraction of sp³-hybridized carbons (Fsp3) is 0.812. The van der Waals surface area contributed by atoms with Gasteiger partial charge in [0.15, 0.2) is 0 Å². The number of hydrogen-bond donors (Lipinski definition) is 1. The minimum atomic E-state index is 0.568. The molecule has 1 N–H and O–H groups in total. The molecule has 2 heterocycles. The lowest BCUT2D eigenvalue weighted by atomic mass is 10.1. The lowest BCUT2D eigenvalue weighted by Crippen LogP contribution is -2.41. The highest BCUT2D eigenvalue weighted by Crippen LogP contribution is 2.13. The van der Waals surface area contributed by atoms with Crippen LogP contribution in [-0.2, 0) is 11.3 Å². The van der Waals surface area contributed by atoms with Crippen molar-refractivity contribution in [1.29, 1.82) is 0 Å². The molecule has 21 heavy (non-hydrogen) atoms. The molecule has 0 aromatic carbocycles. The molecule has 1 aliphatic heterocycles. The van der Waals surface area contributed by atoms with E-state index in [4.69, 9.17) is 4.74 Å². The van der Waals surface area contributed by atoms with E-state index < -0.39 is 0 Å². The van der Waals surface area contributed by atoms with Crippen molar-refractivity contribution in [2.45, 2.75) is 52.1 Å². The first-order chi connectivity index (χ1) is 10.3. The number of anilines is 1. The summed E-state index contributed by atoms with van der Waals surface area (Å²) in [5.41, 5.74) is 0. The molecule has 5 heteroatoms. The monoisotopic (exact) mass is 294 g/mol. The zero-order valence-electron chi connectivity index (χ0n) is 13.6. The molecule has 0 bridgehead atoms. The van der Waals surface area contributed by atoms with Gasteiger partial charge in [-0.3, -0.25) is 4.90 Å². The van der Waals surface area contributed by atoms with Crippen LogP contribution in [0.1, 0.15) is 39.5 Å². The highest BCUT2D eigenvalue weighted by atomic mass is 16.5. The molecule has 1 aromatic heterocycles. The number of aryl methyl sites for hydroxylation is 1. The van der Waals surface area contributed by atoms with Crippen molar-refractivity contribution >= 4 is 5.95 Å². The quantitative estimate of drug-likeness (QED) is 0.711. The molecule has 1 unspecified atom stereocenters. The summed E-state index contributed by atoms with van der Waals surface area (Å²) in [6.45, 7) is 10.4. The number of rotatable bonds is 9. The van der Waals surface area contributed by atoms with Crippen LogP contribution in [0.4, 0.5) is 5.95 Å². The molecule has 1 fully saturated rings. The smallest absolute Gasteiger partial charge is 0.202 e. The Morgan fingerprint density at radius 1 is 1.33 bits per heavy atom. The van der Waals surface area contributed by atoms with Gasteiger partial charge in [0.1, 0.15) is 0 Å². The molecule has 1 saturated heterocycles. The molecule has 0 saturated carbocycles. The number of nitrogens with zero attached hydrogens (tertiary/aromatic N) is 3. The third kappa shape index (κ3) is 5.32. The van der Waals surface area contributed by atoms with Crippen molar-refractivity contribution in [3.05, 3.63) is 12.4 Å². The molecule has 2 rings (SSSR count). The topological polar surface area (TPSA) is 42.3 Å². The van der Waals surface area contributed by atoms with E-state index in [1.54, 1.807) is 0 Å². The minimum absolute atomic E-state index is 0.568. The van der Waals surface area contributed by atoms with E-state index in [9.17, 15) is 0 Å². The Kier molecular flexibility index (Phi) is 7.03. The normalized spacial score (nSPS) is 17.8. The van der Waals surface area contributed by atoms with E-state index in [0.717, 1.165) is 38.7 Å². The van der Waals surface area contributed by atoms with Crippen molar-refractivity contribution in [3.8, 4) is 0 Å². The highest BCUT2D eigenvalue weighted by molar-refractivity contribution is 5.26. The average Bonchev–Trinajstić information content (AvgIpc) is 2.97. The van der Waals surface area contributed by atoms with Crippen LogP contribution < -0.4 is 5.32 Å². The number of likely N-dealkylation sites (tertiary alicyclic amines) is 1. The molecule has 0 aliphatic carbocycles. The number of aromatic nitrogens is 2. The summed E-state index contributed by atoms with van der Waals surface area (Å²) in [6, 6.07) is 0.568. The van der Waals surface area contributed by atoms with Crippen LogP contribution in [0, 0.1) is 0 Å². The van der Waals surface area contributed by atoms with Crippen LogP contribution in [0.5, 0.6) is 0 Å². The molecular formula is C16H30N4O. The fourth-order valence-electron chi connectivity index (χ4n) is 2.87. The minimum Gasteiger partial charge on any atom is -0.382 e. The van der Waals surface area contributed by atoms with Crippen molar-refractivity contribution in [1.82, 2.24) is 14.5 Å². The Bertz CT molecular complexity index is 387. The van der Waals surface area contributed by atoms with Crippen LogP contribution in [0.25, 0.3) is 0 Å². The maximum atomic E-state index is 5.39. The van der Waals surface area contributed by atoms with E-state index in [1.807, 2.05) is 19.3 Å². The number of hydrogen-bond acceptors (Lipinski definition) is 4. The summed E-state index contributed by atoms with van der Waals surface area (Å²) in [5, 5.41) is 3.50. The van der Waals surface area contributed by atoms with Gasteiger partial charge in [0, 0.05) is 44.7 Å². The molecule has 0 amide bonds. The van der Waals surface area contributed by atoms with E-state index in [-0.39, 0.29) is 0 Å². The summed E-state index contributed by atoms with van der Waals surface area (Å²) in [4.78, 5) is 7.01. The van der Waals surface area contributed by atoms with Gasteiger partial charge in [0.2, 0.25) is 5.95 Å². The first-order valence-corrected chi connectivity index (χ1v) is 8.38. The molecule has 1 aromatic rings. The largest absolute Gasteiger partial charge is 0.382 e. The lowest BCUT2D eigenvalue weighted by Gasteiger charge is -2.32. The standard InChI is InChI=1S/C16H30N4O/c1-3-21-13-7-11-20-12-8-17-16(20)18-14-15(2)19-9-5-4-6-10-19/h8,12,15H,3-7,9-11,13-14H2,1-2H3,(H,17,18). The lowest BCUT2D eigenvalue weighted by molar-refractivity contribution is 0.141. The second-order valence-corrected chi connectivity index (χ2v) is 5.82. The van der Waals surface area contributed by atoms with Crippen LogP contribution in [0.2, 0.25) is 0 Å². The molecule has 1 atom stereocenters. The second-order valence-electron chi connectivity index (χ2n) is 5.82. The Morgan fingerprint density at radius 2 is 2.14 bits per heavy atom. The fourth-order valence-corrected chi connectivity index (χ4v) is 2.87. The van der Waals surface area contributed by atoms with Gasteiger partial charge in [0.25, 0.3) is 0 Å². The number of ether oxygens (including phenoxy) is 1. The van der Waals surface area contributed by atoms with E-state index in [0.29, 0.717) is 6.04 Å². The van der Waals surface area contributed by atoms with Crippen LogP contribution in [0.15, 0.2) is 12.4 Å².